The number of rotatable bonds is 6. The molecule has 2 heteroatoms. The molecular formula is C20H19NO. The molecule has 22 heavy (non-hydrogen) atoms. The van der Waals surface area contributed by atoms with Gasteiger partial charge >= 0.3 is 0 Å². The maximum Gasteiger partial charge on any atom is 0.250 e. The summed E-state index contributed by atoms with van der Waals surface area (Å²) < 4.78 is 0. The number of nitrogens with zero attached hydrogens (tertiary/aromatic N) is 1. The zero-order chi connectivity index (χ0) is 15.9. The molecule has 2 aromatic carbocycles. The number of hydrogen-bond donors (Lipinski definition) is 0. The number of carbonyl (C=O) groups excluding carboxylic acids is 1. The van der Waals surface area contributed by atoms with Crippen LogP contribution in [-0.2, 0) is 4.79 Å². The maximum absolute atomic E-state index is 12.1. The molecule has 0 heterocycles. The second-order valence-corrected chi connectivity index (χ2v) is 4.80. The smallest absolute Gasteiger partial charge is 0.250 e. The van der Waals surface area contributed by atoms with Gasteiger partial charge in [-0.3, -0.25) is 4.79 Å². The number of amides is 1. The monoisotopic (exact) mass is 289 g/mol. The van der Waals surface area contributed by atoms with Crippen LogP contribution in [0.25, 0.3) is 5.57 Å². The third-order valence-electron chi connectivity index (χ3n) is 3.39. The van der Waals surface area contributed by atoms with Crippen molar-refractivity contribution in [1.82, 2.24) is 0 Å². The first kappa shape index (κ1) is 15.5. The number of benzene rings is 2. The average Bonchev–Trinajstić information content (AvgIpc) is 2.59. The van der Waals surface area contributed by atoms with Gasteiger partial charge in [0.05, 0.1) is 5.69 Å². The lowest BCUT2D eigenvalue weighted by Crippen LogP contribution is -2.30. The SMILES string of the molecule is C=CCN(C(=O)C=C)c1ccccc1C(=C)c1ccccc1. The van der Waals surface area contributed by atoms with Crippen molar-refractivity contribution in [3.63, 3.8) is 0 Å². The van der Waals surface area contributed by atoms with Gasteiger partial charge in [0.15, 0.2) is 0 Å². The van der Waals surface area contributed by atoms with Crippen molar-refractivity contribution in [3.8, 4) is 0 Å². The highest BCUT2D eigenvalue weighted by atomic mass is 16.2. The molecule has 0 N–H and O–H groups in total. The van der Waals surface area contributed by atoms with Crippen LogP contribution in [0, 0.1) is 0 Å². The normalized spacial score (nSPS) is 9.82. The van der Waals surface area contributed by atoms with Gasteiger partial charge in [0.2, 0.25) is 0 Å². The summed E-state index contributed by atoms with van der Waals surface area (Å²) in [6.45, 7) is 11.9. The first-order chi connectivity index (χ1) is 10.7. The van der Waals surface area contributed by atoms with Crippen LogP contribution in [0.5, 0.6) is 0 Å². The molecule has 2 nitrogen and oxygen atoms in total. The molecular weight excluding hydrogens is 270 g/mol. The molecule has 0 spiro atoms. The quantitative estimate of drug-likeness (QED) is 0.568. The highest BCUT2D eigenvalue weighted by molar-refractivity contribution is 6.03. The fourth-order valence-corrected chi connectivity index (χ4v) is 2.31. The lowest BCUT2D eigenvalue weighted by atomic mass is 9.97. The fraction of sp³-hybridized carbons (Fsp3) is 0.0500. The molecule has 0 bridgehead atoms. The molecule has 0 aliphatic rings. The summed E-state index contributed by atoms with van der Waals surface area (Å²) >= 11 is 0. The molecule has 0 radical (unpaired) electrons. The Hall–Kier alpha value is -2.87. The Kier molecular flexibility index (Phi) is 5.10. The lowest BCUT2D eigenvalue weighted by molar-refractivity contribution is -0.114. The third-order valence-corrected chi connectivity index (χ3v) is 3.39. The van der Waals surface area contributed by atoms with Crippen LogP contribution in [0.2, 0.25) is 0 Å². The minimum absolute atomic E-state index is 0.159. The molecule has 2 rings (SSSR count). The van der Waals surface area contributed by atoms with Gasteiger partial charge in [-0.25, -0.2) is 0 Å². The van der Waals surface area contributed by atoms with Crippen molar-refractivity contribution in [2.45, 2.75) is 0 Å². The Bertz CT molecular complexity index is 701. The van der Waals surface area contributed by atoms with Crippen molar-refractivity contribution < 1.29 is 4.79 Å². The summed E-state index contributed by atoms with van der Waals surface area (Å²) in [6.07, 6.45) is 3.01. The second kappa shape index (κ2) is 7.23. The average molecular weight is 289 g/mol. The van der Waals surface area contributed by atoms with E-state index >= 15 is 0 Å². The van der Waals surface area contributed by atoms with E-state index in [2.05, 4.69) is 19.7 Å². The van der Waals surface area contributed by atoms with Crippen molar-refractivity contribution in [3.05, 3.63) is 97.6 Å². The minimum Gasteiger partial charge on any atom is -0.304 e. The molecule has 2 aromatic rings. The van der Waals surface area contributed by atoms with Crippen LogP contribution in [0.4, 0.5) is 5.69 Å². The largest absolute Gasteiger partial charge is 0.304 e. The second-order valence-electron chi connectivity index (χ2n) is 4.80. The van der Waals surface area contributed by atoms with E-state index in [1.807, 2.05) is 54.6 Å². The zero-order valence-corrected chi connectivity index (χ0v) is 12.5. The lowest BCUT2D eigenvalue weighted by Gasteiger charge is -2.23. The Morgan fingerprint density at radius 2 is 1.64 bits per heavy atom. The minimum atomic E-state index is -0.159. The summed E-state index contributed by atoms with van der Waals surface area (Å²) in [6, 6.07) is 17.7. The van der Waals surface area contributed by atoms with Gasteiger partial charge in [-0.1, -0.05) is 67.8 Å². The van der Waals surface area contributed by atoms with Crippen molar-refractivity contribution in [1.29, 1.82) is 0 Å². The van der Waals surface area contributed by atoms with Crippen LogP contribution in [-0.4, -0.2) is 12.5 Å². The van der Waals surface area contributed by atoms with E-state index in [-0.39, 0.29) is 5.91 Å². The van der Waals surface area contributed by atoms with E-state index in [0.29, 0.717) is 6.54 Å². The van der Waals surface area contributed by atoms with Crippen molar-refractivity contribution in [2.24, 2.45) is 0 Å². The Balaban J connectivity index is 2.50. The highest BCUT2D eigenvalue weighted by Gasteiger charge is 2.16. The van der Waals surface area contributed by atoms with Gasteiger partial charge in [-0.05, 0) is 23.3 Å². The molecule has 0 aliphatic carbocycles. The Labute approximate surface area is 131 Å². The van der Waals surface area contributed by atoms with E-state index in [1.54, 1.807) is 11.0 Å². The molecule has 1 amide bonds. The molecule has 0 aromatic heterocycles. The maximum atomic E-state index is 12.1. The van der Waals surface area contributed by atoms with E-state index in [0.717, 1.165) is 22.4 Å². The van der Waals surface area contributed by atoms with Crippen LogP contribution in [0.1, 0.15) is 11.1 Å². The van der Waals surface area contributed by atoms with Crippen LogP contribution in [0.3, 0.4) is 0 Å². The summed E-state index contributed by atoms with van der Waals surface area (Å²) in [7, 11) is 0. The van der Waals surface area contributed by atoms with Gasteiger partial charge in [-0.15, -0.1) is 6.58 Å². The fourth-order valence-electron chi connectivity index (χ4n) is 2.31. The highest BCUT2D eigenvalue weighted by Crippen LogP contribution is 2.30. The van der Waals surface area contributed by atoms with E-state index in [4.69, 9.17) is 0 Å². The van der Waals surface area contributed by atoms with Crippen molar-refractivity contribution in [2.75, 3.05) is 11.4 Å². The standard InChI is InChI=1S/C20H19NO/c1-4-15-21(20(22)5-2)19-14-10-9-13-18(19)16(3)17-11-7-6-8-12-17/h4-14H,1-3,15H2. The number of carbonyl (C=O) groups is 1. The molecule has 110 valence electrons. The molecule has 0 saturated heterocycles. The van der Waals surface area contributed by atoms with Crippen LogP contribution < -0.4 is 4.90 Å². The predicted octanol–water partition coefficient (Wildman–Crippen LogP) is 4.45. The molecule has 0 fully saturated rings. The number of hydrogen-bond acceptors (Lipinski definition) is 1. The van der Waals surface area contributed by atoms with Crippen LogP contribution >= 0.6 is 0 Å². The van der Waals surface area contributed by atoms with E-state index in [9.17, 15) is 4.79 Å². The summed E-state index contributed by atoms with van der Waals surface area (Å²) in [5.74, 6) is -0.159. The topological polar surface area (TPSA) is 20.3 Å². The Morgan fingerprint density at radius 1 is 1.00 bits per heavy atom. The third kappa shape index (κ3) is 3.23. The van der Waals surface area contributed by atoms with E-state index in [1.165, 1.54) is 6.08 Å². The van der Waals surface area contributed by atoms with Gasteiger partial charge in [0, 0.05) is 12.1 Å². The molecule has 0 saturated carbocycles. The summed E-state index contributed by atoms with van der Waals surface area (Å²) in [5.41, 5.74) is 3.63. The number of para-hydroxylation sites is 1. The summed E-state index contributed by atoms with van der Waals surface area (Å²) in [5, 5.41) is 0. The molecule has 0 unspecified atom stereocenters. The number of anilines is 1. The predicted molar refractivity (Wildman–Crippen MR) is 93.8 cm³/mol. The van der Waals surface area contributed by atoms with Gasteiger partial charge in [-0.2, -0.15) is 0 Å². The first-order valence-corrected chi connectivity index (χ1v) is 7.07. The first-order valence-electron chi connectivity index (χ1n) is 7.07. The van der Waals surface area contributed by atoms with Gasteiger partial charge in [0.1, 0.15) is 0 Å². The van der Waals surface area contributed by atoms with Crippen LogP contribution in [0.15, 0.2) is 86.5 Å². The Morgan fingerprint density at radius 3 is 2.27 bits per heavy atom. The zero-order valence-electron chi connectivity index (χ0n) is 12.5. The summed E-state index contributed by atoms with van der Waals surface area (Å²) in [4.78, 5) is 13.8. The van der Waals surface area contributed by atoms with Gasteiger partial charge in [0.25, 0.3) is 5.91 Å². The van der Waals surface area contributed by atoms with E-state index < -0.39 is 0 Å². The molecule has 0 aliphatic heterocycles. The molecule has 0 atom stereocenters. The van der Waals surface area contributed by atoms with Gasteiger partial charge < -0.3 is 4.90 Å². The van der Waals surface area contributed by atoms with Crippen molar-refractivity contribution >= 4 is 17.2 Å².